The van der Waals surface area contributed by atoms with Gasteiger partial charge in [-0.1, -0.05) is 31.1 Å². The molecule has 0 unspecified atom stereocenters. The van der Waals surface area contributed by atoms with E-state index in [0.717, 1.165) is 21.9 Å². The predicted molar refractivity (Wildman–Crippen MR) is 122 cm³/mol. The first-order chi connectivity index (χ1) is 14.4. The van der Waals surface area contributed by atoms with Gasteiger partial charge in [0.1, 0.15) is 0 Å². The fraction of sp³-hybridized carbons (Fsp3) is 0.364. The van der Waals surface area contributed by atoms with Gasteiger partial charge in [0.25, 0.3) is 0 Å². The molecule has 0 saturated carbocycles. The number of carbonyl (C=O) groups is 1. The summed E-state index contributed by atoms with van der Waals surface area (Å²) in [6, 6.07) is 11.7. The summed E-state index contributed by atoms with van der Waals surface area (Å²) in [6.07, 6.45) is 0. The first kappa shape index (κ1) is 22.2. The molecule has 1 aromatic carbocycles. The standard InChI is InChI=1S/C22H26N2O4S2/c1-22(2,15-7-8-17(26-3)18(10-15)27-4)14-23-21(25)13-29-12-16-11-19(28-24-16)20-6-5-9-30-20/h5-11H,12-14H2,1-4H3,(H,23,25). The average Bonchev–Trinajstić information content (AvgIpc) is 3.43. The van der Waals surface area contributed by atoms with Crippen molar-refractivity contribution in [3.8, 4) is 22.1 Å². The molecule has 0 saturated heterocycles. The molecule has 0 atom stereocenters. The number of hydrogen-bond donors (Lipinski definition) is 1. The second-order valence-corrected chi connectivity index (χ2v) is 9.32. The predicted octanol–water partition coefficient (Wildman–Crippen LogP) is 4.75. The van der Waals surface area contributed by atoms with E-state index in [1.807, 2.05) is 41.8 Å². The zero-order valence-electron chi connectivity index (χ0n) is 17.6. The number of thioether (sulfide) groups is 1. The van der Waals surface area contributed by atoms with Crippen LogP contribution in [-0.4, -0.2) is 37.6 Å². The van der Waals surface area contributed by atoms with Gasteiger partial charge in [0.2, 0.25) is 5.91 Å². The van der Waals surface area contributed by atoms with E-state index in [1.54, 1.807) is 25.6 Å². The van der Waals surface area contributed by atoms with Crippen molar-refractivity contribution >= 4 is 29.0 Å². The lowest BCUT2D eigenvalue weighted by atomic mass is 9.84. The Balaban J connectivity index is 1.47. The highest BCUT2D eigenvalue weighted by atomic mass is 32.2. The molecular weight excluding hydrogens is 420 g/mol. The summed E-state index contributed by atoms with van der Waals surface area (Å²) in [5.74, 6) is 3.12. The lowest BCUT2D eigenvalue weighted by Gasteiger charge is -2.26. The van der Waals surface area contributed by atoms with E-state index in [9.17, 15) is 4.79 Å². The number of ether oxygens (including phenoxy) is 2. The molecule has 8 heteroatoms. The molecule has 3 rings (SSSR count). The van der Waals surface area contributed by atoms with Crippen LogP contribution >= 0.6 is 23.1 Å². The maximum absolute atomic E-state index is 12.3. The van der Waals surface area contributed by atoms with Crippen LogP contribution in [0.4, 0.5) is 0 Å². The molecule has 30 heavy (non-hydrogen) atoms. The van der Waals surface area contributed by atoms with E-state index >= 15 is 0 Å². The number of amides is 1. The minimum atomic E-state index is -0.248. The van der Waals surface area contributed by atoms with Crippen LogP contribution in [0.3, 0.4) is 0 Å². The Kier molecular flexibility index (Phi) is 7.44. The van der Waals surface area contributed by atoms with E-state index < -0.39 is 0 Å². The zero-order chi connectivity index (χ0) is 21.6. The summed E-state index contributed by atoms with van der Waals surface area (Å²) < 4.78 is 16.1. The van der Waals surface area contributed by atoms with Crippen LogP contribution in [0.15, 0.2) is 46.3 Å². The van der Waals surface area contributed by atoms with Crippen LogP contribution in [0, 0.1) is 0 Å². The topological polar surface area (TPSA) is 73.6 Å². The number of thiophene rings is 1. The summed E-state index contributed by atoms with van der Waals surface area (Å²) in [5, 5.41) is 9.11. The second kappa shape index (κ2) is 10.0. The average molecular weight is 447 g/mol. The van der Waals surface area contributed by atoms with Gasteiger partial charge in [0.05, 0.1) is 30.5 Å². The van der Waals surface area contributed by atoms with Gasteiger partial charge in [-0.2, -0.15) is 0 Å². The summed E-state index contributed by atoms with van der Waals surface area (Å²) in [6.45, 7) is 4.70. The van der Waals surface area contributed by atoms with E-state index in [0.29, 0.717) is 29.5 Å². The Hall–Kier alpha value is -2.45. The number of nitrogens with zero attached hydrogens (tertiary/aromatic N) is 1. The van der Waals surface area contributed by atoms with Crippen molar-refractivity contribution in [1.29, 1.82) is 0 Å². The summed E-state index contributed by atoms with van der Waals surface area (Å²) in [4.78, 5) is 13.4. The Morgan fingerprint density at radius 3 is 2.70 bits per heavy atom. The quantitative estimate of drug-likeness (QED) is 0.485. The Labute approximate surface area is 184 Å². The molecule has 2 heterocycles. The van der Waals surface area contributed by atoms with Crippen molar-refractivity contribution in [2.45, 2.75) is 25.0 Å². The van der Waals surface area contributed by atoms with Crippen LogP contribution in [0.25, 0.3) is 10.6 Å². The number of nitrogens with one attached hydrogen (secondary N) is 1. The zero-order valence-corrected chi connectivity index (χ0v) is 19.2. The number of hydrogen-bond acceptors (Lipinski definition) is 7. The molecule has 0 spiro atoms. The van der Waals surface area contributed by atoms with Gasteiger partial charge in [-0.25, -0.2) is 0 Å². The highest BCUT2D eigenvalue weighted by Gasteiger charge is 2.23. The highest BCUT2D eigenvalue weighted by molar-refractivity contribution is 7.99. The van der Waals surface area contributed by atoms with E-state index in [-0.39, 0.29) is 11.3 Å². The van der Waals surface area contributed by atoms with Gasteiger partial charge in [0.15, 0.2) is 17.3 Å². The number of benzene rings is 1. The van der Waals surface area contributed by atoms with Gasteiger partial charge in [-0.05, 0) is 29.1 Å². The van der Waals surface area contributed by atoms with Crippen molar-refractivity contribution in [2.24, 2.45) is 0 Å². The van der Waals surface area contributed by atoms with Crippen LogP contribution < -0.4 is 14.8 Å². The molecule has 0 aliphatic carbocycles. The minimum Gasteiger partial charge on any atom is -0.493 e. The molecule has 1 N–H and O–H groups in total. The molecule has 160 valence electrons. The third-order valence-electron chi connectivity index (χ3n) is 4.70. The highest BCUT2D eigenvalue weighted by Crippen LogP contribution is 2.33. The van der Waals surface area contributed by atoms with Crippen molar-refractivity contribution < 1.29 is 18.8 Å². The monoisotopic (exact) mass is 446 g/mol. The number of methoxy groups -OCH3 is 2. The summed E-state index contributed by atoms with van der Waals surface area (Å²) in [5.41, 5.74) is 1.65. The number of rotatable bonds is 10. The lowest BCUT2D eigenvalue weighted by molar-refractivity contribution is -0.118. The fourth-order valence-electron chi connectivity index (χ4n) is 2.89. The normalized spacial score (nSPS) is 11.3. The Morgan fingerprint density at radius 1 is 1.20 bits per heavy atom. The molecular formula is C22H26N2O4S2. The van der Waals surface area contributed by atoms with Gasteiger partial charge >= 0.3 is 0 Å². The van der Waals surface area contributed by atoms with Gasteiger partial charge in [0, 0.05) is 23.8 Å². The fourth-order valence-corrected chi connectivity index (χ4v) is 4.30. The maximum Gasteiger partial charge on any atom is 0.230 e. The molecule has 0 aliphatic heterocycles. The van der Waals surface area contributed by atoms with Crippen molar-refractivity contribution in [3.05, 3.63) is 53.0 Å². The molecule has 0 radical (unpaired) electrons. The Morgan fingerprint density at radius 2 is 2.00 bits per heavy atom. The van der Waals surface area contributed by atoms with E-state index in [2.05, 4.69) is 24.3 Å². The third-order valence-corrected chi connectivity index (χ3v) is 6.55. The second-order valence-electron chi connectivity index (χ2n) is 7.38. The first-order valence-electron chi connectivity index (χ1n) is 9.49. The third kappa shape index (κ3) is 5.58. The Bertz CT molecular complexity index is 967. The first-order valence-corrected chi connectivity index (χ1v) is 11.5. The van der Waals surface area contributed by atoms with Crippen LogP contribution in [0.5, 0.6) is 11.5 Å². The van der Waals surface area contributed by atoms with Gasteiger partial charge in [-0.15, -0.1) is 23.1 Å². The number of aromatic nitrogens is 1. The molecule has 2 aromatic heterocycles. The summed E-state index contributed by atoms with van der Waals surface area (Å²) in [7, 11) is 3.23. The largest absolute Gasteiger partial charge is 0.493 e. The maximum atomic E-state index is 12.3. The molecule has 3 aromatic rings. The molecule has 1 amide bonds. The lowest BCUT2D eigenvalue weighted by Crippen LogP contribution is -2.37. The number of carbonyl (C=O) groups excluding carboxylic acids is 1. The summed E-state index contributed by atoms with van der Waals surface area (Å²) >= 11 is 3.12. The SMILES string of the molecule is COc1ccc(C(C)(C)CNC(=O)CSCc2cc(-c3cccs3)on2)cc1OC. The van der Waals surface area contributed by atoms with Crippen LogP contribution in [0.2, 0.25) is 0 Å². The van der Waals surface area contributed by atoms with E-state index in [4.69, 9.17) is 14.0 Å². The van der Waals surface area contributed by atoms with Crippen molar-refractivity contribution in [2.75, 3.05) is 26.5 Å². The smallest absolute Gasteiger partial charge is 0.230 e. The van der Waals surface area contributed by atoms with E-state index in [1.165, 1.54) is 11.8 Å². The molecule has 0 fully saturated rings. The van der Waals surface area contributed by atoms with Crippen molar-refractivity contribution in [1.82, 2.24) is 10.5 Å². The van der Waals surface area contributed by atoms with Gasteiger partial charge in [-0.3, -0.25) is 4.79 Å². The molecule has 0 aliphatic rings. The van der Waals surface area contributed by atoms with Crippen LogP contribution in [-0.2, 0) is 16.0 Å². The molecule has 6 nitrogen and oxygen atoms in total. The van der Waals surface area contributed by atoms with Gasteiger partial charge < -0.3 is 19.3 Å². The minimum absolute atomic E-state index is 0.00414. The van der Waals surface area contributed by atoms with Crippen LogP contribution in [0.1, 0.15) is 25.1 Å². The molecule has 0 bridgehead atoms. The van der Waals surface area contributed by atoms with Crippen molar-refractivity contribution in [3.63, 3.8) is 0 Å².